The molecule has 1 aromatic rings. The van der Waals surface area contributed by atoms with Crippen molar-refractivity contribution in [3.8, 4) is 0 Å². The van der Waals surface area contributed by atoms with Gasteiger partial charge in [0.25, 0.3) is 0 Å². The van der Waals surface area contributed by atoms with Crippen LogP contribution in [0.1, 0.15) is 24.0 Å². The molecule has 0 bridgehead atoms. The van der Waals surface area contributed by atoms with E-state index in [9.17, 15) is 22.4 Å². The highest BCUT2D eigenvalue weighted by molar-refractivity contribution is 5.70. The largest absolute Gasteiger partial charge is 0.481 e. The molecule has 3 nitrogen and oxygen atoms in total. The Hall–Kier alpha value is -1.63. The van der Waals surface area contributed by atoms with E-state index in [-0.39, 0.29) is 18.7 Å². The first-order chi connectivity index (χ1) is 9.75. The van der Waals surface area contributed by atoms with E-state index in [2.05, 4.69) is 0 Å². The Morgan fingerprint density at radius 3 is 2.67 bits per heavy atom. The summed E-state index contributed by atoms with van der Waals surface area (Å²) in [6.07, 6.45) is -3.37. The number of likely N-dealkylation sites (tertiary alicyclic amines) is 1. The number of halogens is 4. The molecule has 1 atom stereocenters. The Labute approximate surface area is 119 Å². The Morgan fingerprint density at radius 1 is 1.33 bits per heavy atom. The van der Waals surface area contributed by atoms with Gasteiger partial charge in [0.1, 0.15) is 5.82 Å². The monoisotopic (exact) mass is 305 g/mol. The van der Waals surface area contributed by atoms with E-state index in [1.165, 1.54) is 0 Å². The van der Waals surface area contributed by atoms with Gasteiger partial charge in [-0.3, -0.25) is 9.69 Å². The molecule has 116 valence electrons. The van der Waals surface area contributed by atoms with Crippen LogP contribution in [0.25, 0.3) is 0 Å². The topological polar surface area (TPSA) is 40.5 Å². The highest BCUT2D eigenvalue weighted by Crippen LogP contribution is 2.31. The minimum absolute atomic E-state index is 0.116. The first-order valence-corrected chi connectivity index (χ1v) is 6.57. The molecule has 1 heterocycles. The van der Waals surface area contributed by atoms with Gasteiger partial charge in [0.2, 0.25) is 0 Å². The number of hydrogen-bond donors (Lipinski definition) is 1. The molecule has 0 radical (unpaired) electrons. The van der Waals surface area contributed by atoms with E-state index in [1.54, 1.807) is 4.90 Å². The summed E-state index contributed by atoms with van der Waals surface area (Å²) in [5, 5.41) is 8.98. The molecule has 1 aliphatic heterocycles. The number of carboxylic acid groups (broad SMARTS) is 1. The Morgan fingerprint density at radius 2 is 2.05 bits per heavy atom. The number of piperidine rings is 1. The molecule has 1 aliphatic rings. The summed E-state index contributed by atoms with van der Waals surface area (Å²) in [6.45, 7) is 0.986. The molecule has 7 heteroatoms. The van der Waals surface area contributed by atoms with E-state index in [0.717, 1.165) is 12.1 Å². The van der Waals surface area contributed by atoms with E-state index in [0.29, 0.717) is 25.5 Å². The van der Waals surface area contributed by atoms with Crippen molar-refractivity contribution in [3.05, 3.63) is 35.1 Å². The SMILES string of the molecule is O=C(O)C1CCCN(Cc2cc(F)cc(C(F)(F)F)c2)C1. The average Bonchev–Trinajstić information content (AvgIpc) is 2.37. The molecule has 1 saturated heterocycles. The fourth-order valence-corrected chi connectivity index (χ4v) is 2.56. The van der Waals surface area contributed by atoms with Crippen LogP contribution in [0, 0.1) is 11.7 Å². The predicted molar refractivity (Wildman–Crippen MR) is 67.0 cm³/mol. The van der Waals surface area contributed by atoms with E-state index >= 15 is 0 Å². The predicted octanol–water partition coefficient (Wildman–Crippen LogP) is 3.14. The third-order valence-corrected chi connectivity index (χ3v) is 3.55. The van der Waals surface area contributed by atoms with Crippen LogP contribution in [0.5, 0.6) is 0 Å². The highest BCUT2D eigenvalue weighted by Gasteiger charge is 2.32. The molecular weight excluding hydrogens is 290 g/mol. The van der Waals surface area contributed by atoms with Crippen molar-refractivity contribution < 1.29 is 27.5 Å². The van der Waals surface area contributed by atoms with Crippen LogP contribution in [0.3, 0.4) is 0 Å². The molecule has 1 N–H and O–H groups in total. The lowest BCUT2D eigenvalue weighted by Crippen LogP contribution is -2.38. The van der Waals surface area contributed by atoms with Crippen LogP contribution >= 0.6 is 0 Å². The van der Waals surface area contributed by atoms with E-state index < -0.39 is 29.4 Å². The first kappa shape index (κ1) is 15.8. The number of benzene rings is 1. The van der Waals surface area contributed by atoms with Crippen molar-refractivity contribution in [1.29, 1.82) is 0 Å². The molecule has 1 aromatic carbocycles. The lowest BCUT2D eigenvalue weighted by molar-refractivity contribution is -0.143. The van der Waals surface area contributed by atoms with E-state index in [4.69, 9.17) is 5.11 Å². The molecule has 0 aromatic heterocycles. The summed E-state index contributed by atoms with van der Waals surface area (Å²) < 4.78 is 51.2. The minimum atomic E-state index is -4.59. The third kappa shape index (κ3) is 4.17. The third-order valence-electron chi connectivity index (χ3n) is 3.55. The Bertz CT molecular complexity index is 530. The zero-order valence-electron chi connectivity index (χ0n) is 11.2. The summed E-state index contributed by atoms with van der Waals surface area (Å²) in [5.41, 5.74) is -0.822. The summed E-state index contributed by atoms with van der Waals surface area (Å²) in [7, 11) is 0. The zero-order valence-corrected chi connectivity index (χ0v) is 11.2. The second-order valence-corrected chi connectivity index (χ2v) is 5.26. The van der Waals surface area contributed by atoms with E-state index in [1.807, 2.05) is 0 Å². The Balaban J connectivity index is 2.12. The minimum Gasteiger partial charge on any atom is -0.481 e. The van der Waals surface area contributed by atoms with Gasteiger partial charge in [-0.25, -0.2) is 4.39 Å². The lowest BCUT2D eigenvalue weighted by Gasteiger charge is -2.30. The Kier molecular flexibility index (Phi) is 4.51. The van der Waals surface area contributed by atoms with Gasteiger partial charge < -0.3 is 5.11 Å². The molecular formula is C14H15F4NO2. The maximum absolute atomic E-state index is 13.3. The van der Waals surface area contributed by atoms with Crippen LogP contribution in [-0.2, 0) is 17.5 Å². The van der Waals surface area contributed by atoms with Gasteiger partial charge in [0.15, 0.2) is 0 Å². The van der Waals surface area contributed by atoms with Gasteiger partial charge in [-0.15, -0.1) is 0 Å². The molecule has 0 aliphatic carbocycles. The average molecular weight is 305 g/mol. The molecule has 2 rings (SSSR count). The maximum Gasteiger partial charge on any atom is 0.416 e. The first-order valence-electron chi connectivity index (χ1n) is 6.57. The van der Waals surface area contributed by atoms with Crippen LogP contribution in [0.4, 0.5) is 17.6 Å². The van der Waals surface area contributed by atoms with Crippen molar-refractivity contribution in [2.45, 2.75) is 25.6 Å². The van der Waals surface area contributed by atoms with Crippen molar-refractivity contribution >= 4 is 5.97 Å². The van der Waals surface area contributed by atoms with Gasteiger partial charge >= 0.3 is 12.1 Å². The number of rotatable bonds is 3. The van der Waals surface area contributed by atoms with Crippen LogP contribution in [0.2, 0.25) is 0 Å². The quantitative estimate of drug-likeness (QED) is 0.872. The number of carboxylic acids is 1. The van der Waals surface area contributed by atoms with Gasteiger partial charge in [-0.1, -0.05) is 0 Å². The van der Waals surface area contributed by atoms with Gasteiger partial charge in [0, 0.05) is 13.1 Å². The highest BCUT2D eigenvalue weighted by atomic mass is 19.4. The number of carbonyl (C=O) groups is 1. The smallest absolute Gasteiger partial charge is 0.416 e. The molecule has 0 amide bonds. The van der Waals surface area contributed by atoms with Crippen molar-refractivity contribution in [3.63, 3.8) is 0 Å². The van der Waals surface area contributed by atoms with Crippen LogP contribution < -0.4 is 0 Å². The number of alkyl halides is 3. The molecule has 1 fully saturated rings. The molecule has 21 heavy (non-hydrogen) atoms. The van der Waals surface area contributed by atoms with Gasteiger partial charge in [0.05, 0.1) is 11.5 Å². The van der Waals surface area contributed by atoms with Gasteiger partial charge in [-0.05, 0) is 43.1 Å². The maximum atomic E-state index is 13.3. The second kappa shape index (κ2) is 6.01. The fourth-order valence-electron chi connectivity index (χ4n) is 2.56. The normalized spacial score (nSPS) is 20.5. The molecule has 0 spiro atoms. The summed E-state index contributed by atoms with van der Waals surface area (Å²) in [6, 6.07) is 2.42. The number of hydrogen-bond acceptors (Lipinski definition) is 2. The van der Waals surface area contributed by atoms with Crippen LogP contribution in [-0.4, -0.2) is 29.1 Å². The van der Waals surface area contributed by atoms with Crippen LogP contribution in [0.15, 0.2) is 18.2 Å². The lowest BCUT2D eigenvalue weighted by atomic mass is 9.97. The summed E-state index contributed by atoms with van der Waals surface area (Å²) in [5.74, 6) is -2.36. The van der Waals surface area contributed by atoms with Crippen molar-refractivity contribution in [2.75, 3.05) is 13.1 Å². The number of aliphatic carboxylic acids is 1. The van der Waals surface area contributed by atoms with Crippen molar-refractivity contribution in [2.24, 2.45) is 5.92 Å². The molecule has 1 unspecified atom stereocenters. The molecule has 0 saturated carbocycles. The summed E-state index contributed by atoms with van der Waals surface area (Å²) in [4.78, 5) is 12.7. The van der Waals surface area contributed by atoms with Gasteiger partial charge in [-0.2, -0.15) is 13.2 Å². The number of nitrogens with zero attached hydrogens (tertiary/aromatic N) is 1. The summed E-state index contributed by atoms with van der Waals surface area (Å²) >= 11 is 0. The fraction of sp³-hybridized carbons (Fsp3) is 0.500. The van der Waals surface area contributed by atoms with Crippen molar-refractivity contribution in [1.82, 2.24) is 4.90 Å². The second-order valence-electron chi connectivity index (χ2n) is 5.26. The zero-order chi connectivity index (χ0) is 15.6. The standard InChI is InChI=1S/C14H15F4NO2/c15-12-5-9(4-11(6-12)14(16,17)18)7-19-3-1-2-10(8-19)13(20)21/h4-6,10H,1-3,7-8H2,(H,20,21).